The van der Waals surface area contributed by atoms with Gasteiger partial charge in [-0.05, 0) is 25.5 Å². The summed E-state index contributed by atoms with van der Waals surface area (Å²) in [6.45, 7) is 4.34. The van der Waals surface area contributed by atoms with Crippen LogP contribution < -0.4 is 15.5 Å². The van der Waals surface area contributed by atoms with Crippen LogP contribution in [0.15, 0.2) is 18.2 Å². The maximum absolute atomic E-state index is 12.4. The molecular formula is C16H22ClN3O4S. The van der Waals surface area contributed by atoms with Crippen LogP contribution in [0.25, 0.3) is 0 Å². The van der Waals surface area contributed by atoms with E-state index in [4.69, 9.17) is 16.3 Å². The van der Waals surface area contributed by atoms with Crippen LogP contribution in [-0.4, -0.2) is 57.8 Å². The number of urea groups is 1. The van der Waals surface area contributed by atoms with Gasteiger partial charge in [0.15, 0.2) is 9.84 Å². The average Bonchev–Trinajstić information content (AvgIpc) is 2.81. The van der Waals surface area contributed by atoms with E-state index >= 15 is 0 Å². The molecule has 7 nitrogen and oxygen atoms in total. The number of nitrogens with zero attached hydrogens (tertiary/aromatic N) is 1. The van der Waals surface area contributed by atoms with Crippen LogP contribution in [0.5, 0.6) is 0 Å². The first-order valence-electron chi connectivity index (χ1n) is 8.19. The number of hydrogen-bond acceptors (Lipinski definition) is 5. The summed E-state index contributed by atoms with van der Waals surface area (Å²) in [5.74, 6) is 0.0548. The fourth-order valence-electron chi connectivity index (χ4n) is 3.26. The van der Waals surface area contributed by atoms with Gasteiger partial charge in [0.25, 0.3) is 0 Å². The molecule has 0 bridgehead atoms. The molecule has 2 aliphatic rings. The summed E-state index contributed by atoms with van der Waals surface area (Å²) < 4.78 is 28.7. The lowest BCUT2D eigenvalue weighted by molar-refractivity contribution is 0.123. The van der Waals surface area contributed by atoms with E-state index in [0.29, 0.717) is 43.4 Å². The number of anilines is 2. The molecule has 1 aromatic rings. The number of rotatable bonds is 3. The molecule has 2 amide bonds. The Morgan fingerprint density at radius 2 is 2.04 bits per heavy atom. The number of amides is 2. The van der Waals surface area contributed by atoms with Crippen LogP contribution in [0.3, 0.4) is 0 Å². The first-order valence-corrected chi connectivity index (χ1v) is 10.4. The third-order valence-corrected chi connectivity index (χ3v) is 6.69. The molecule has 1 aromatic carbocycles. The Balaban J connectivity index is 1.74. The lowest BCUT2D eigenvalue weighted by Gasteiger charge is -2.31. The van der Waals surface area contributed by atoms with E-state index < -0.39 is 21.4 Å². The summed E-state index contributed by atoms with van der Waals surface area (Å²) >= 11 is 6.35. The number of sulfone groups is 1. The molecule has 0 aromatic heterocycles. The van der Waals surface area contributed by atoms with Crippen molar-refractivity contribution in [1.29, 1.82) is 0 Å². The van der Waals surface area contributed by atoms with E-state index in [1.54, 1.807) is 25.1 Å². The zero-order chi connectivity index (χ0) is 18.1. The molecule has 0 saturated carbocycles. The topological polar surface area (TPSA) is 87.7 Å². The highest BCUT2D eigenvalue weighted by Gasteiger charge is 2.39. The number of para-hydroxylation sites is 1. The molecule has 3 rings (SSSR count). The lowest BCUT2D eigenvalue weighted by atomic mass is 10.0. The van der Waals surface area contributed by atoms with Crippen LogP contribution in [0.4, 0.5) is 16.2 Å². The first kappa shape index (κ1) is 18.3. The van der Waals surface area contributed by atoms with Crippen LogP contribution >= 0.6 is 11.6 Å². The molecule has 9 heteroatoms. The van der Waals surface area contributed by atoms with Gasteiger partial charge in [0, 0.05) is 13.1 Å². The van der Waals surface area contributed by atoms with Gasteiger partial charge in [-0.2, -0.15) is 0 Å². The van der Waals surface area contributed by atoms with Crippen LogP contribution in [0, 0.1) is 0 Å². The molecule has 0 radical (unpaired) electrons. The monoisotopic (exact) mass is 387 g/mol. The van der Waals surface area contributed by atoms with Gasteiger partial charge in [-0.3, -0.25) is 0 Å². The number of morpholine rings is 1. The van der Waals surface area contributed by atoms with Crippen molar-refractivity contribution < 1.29 is 17.9 Å². The second kappa shape index (κ2) is 7.01. The normalized spacial score (nSPS) is 25.6. The average molecular weight is 388 g/mol. The van der Waals surface area contributed by atoms with Gasteiger partial charge in [0.2, 0.25) is 0 Å². The van der Waals surface area contributed by atoms with Crippen molar-refractivity contribution in [2.45, 2.75) is 18.9 Å². The number of ether oxygens (including phenoxy) is 1. The molecule has 2 heterocycles. The second-order valence-electron chi connectivity index (χ2n) is 6.72. The molecule has 1 atom stereocenters. The van der Waals surface area contributed by atoms with Gasteiger partial charge in [0.1, 0.15) is 0 Å². The number of hydrogen-bond donors (Lipinski definition) is 2. The quantitative estimate of drug-likeness (QED) is 0.826. The fraction of sp³-hybridized carbons (Fsp3) is 0.562. The van der Waals surface area contributed by atoms with Crippen molar-refractivity contribution in [3.63, 3.8) is 0 Å². The highest BCUT2D eigenvalue weighted by Crippen LogP contribution is 2.34. The maximum atomic E-state index is 12.4. The van der Waals surface area contributed by atoms with E-state index in [9.17, 15) is 13.2 Å². The van der Waals surface area contributed by atoms with Gasteiger partial charge in [0.05, 0.1) is 46.7 Å². The Bertz CT molecular complexity index is 765. The number of benzene rings is 1. The molecule has 2 N–H and O–H groups in total. The van der Waals surface area contributed by atoms with Gasteiger partial charge in [-0.15, -0.1) is 0 Å². The lowest BCUT2D eigenvalue weighted by Crippen LogP contribution is -2.48. The third kappa shape index (κ3) is 4.37. The third-order valence-electron chi connectivity index (χ3n) is 4.48. The van der Waals surface area contributed by atoms with Crippen molar-refractivity contribution in [2.75, 3.05) is 48.0 Å². The molecule has 1 unspecified atom stereocenters. The Morgan fingerprint density at radius 3 is 2.68 bits per heavy atom. The standard InChI is InChI=1S/C16H22ClN3O4S/c1-16(5-10-25(22,23)11-16)19-15(21)18-13-4-2-3-12(17)14(13)20-6-8-24-9-7-20/h2-4H,5-11H2,1H3,(H2,18,19,21). The Labute approximate surface area is 152 Å². The SMILES string of the molecule is CC1(NC(=O)Nc2cccc(Cl)c2N2CCOCC2)CCS(=O)(=O)C1. The number of nitrogens with one attached hydrogen (secondary N) is 2. The van der Waals surface area contributed by atoms with Gasteiger partial charge in [-0.1, -0.05) is 17.7 Å². The second-order valence-corrected chi connectivity index (χ2v) is 9.31. The summed E-state index contributed by atoms with van der Waals surface area (Å²) in [4.78, 5) is 14.5. The molecule has 2 saturated heterocycles. The predicted molar refractivity (Wildman–Crippen MR) is 98.3 cm³/mol. The van der Waals surface area contributed by atoms with Crippen LogP contribution in [0.1, 0.15) is 13.3 Å². The summed E-state index contributed by atoms with van der Waals surface area (Å²) in [6, 6.07) is 4.89. The summed E-state index contributed by atoms with van der Waals surface area (Å²) in [5, 5.41) is 6.16. The number of carbonyl (C=O) groups is 1. The Morgan fingerprint density at radius 1 is 1.32 bits per heavy atom. The molecule has 25 heavy (non-hydrogen) atoms. The number of halogens is 1. The van der Waals surface area contributed by atoms with E-state index in [0.717, 1.165) is 5.69 Å². The van der Waals surface area contributed by atoms with Gasteiger partial charge in [-0.25, -0.2) is 13.2 Å². The van der Waals surface area contributed by atoms with Crippen molar-refractivity contribution in [1.82, 2.24) is 5.32 Å². The predicted octanol–water partition coefficient (Wildman–Crippen LogP) is 1.88. The van der Waals surface area contributed by atoms with Crippen molar-refractivity contribution >= 4 is 38.8 Å². The maximum Gasteiger partial charge on any atom is 0.319 e. The van der Waals surface area contributed by atoms with Crippen LogP contribution in [-0.2, 0) is 14.6 Å². The van der Waals surface area contributed by atoms with E-state index in [-0.39, 0.29) is 11.5 Å². The molecule has 2 fully saturated rings. The zero-order valence-corrected chi connectivity index (χ0v) is 15.6. The van der Waals surface area contributed by atoms with Crippen molar-refractivity contribution in [3.8, 4) is 0 Å². The molecule has 0 aliphatic carbocycles. The van der Waals surface area contributed by atoms with Crippen LogP contribution in [0.2, 0.25) is 5.02 Å². The van der Waals surface area contributed by atoms with Crippen molar-refractivity contribution in [3.05, 3.63) is 23.2 Å². The van der Waals surface area contributed by atoms with E-state index in [1.165, 1.54) is 0 Å². The minimum Gasteiger partial charge on any atom is -0.378 e. The first-order chi connectivity index (χ1) is 11.8. The minimum atomic E-state index is -3.09. The Kier molecular flexibility index (Phi) is 5.13. The number of carbonyl (C=O) groups excluding carboxylic acids is 1. The summed E-state index contributed by atoms with van der Waals surface area (Å²) in [6.07, 6.45) is 0.411. The fourth-order valence-corrected chi connectivity index (χ4v) is 5.65. The molecule has 0 spiro atoms. The summed E-state index contributed by atoms with van der Waals surface area (Å²) in [7, 11) is -3.09. The molecular weight excluding hydrogens is 366 g/mol. The van der Waals surface area contributed by atoms with Gasteiger partial charge >= 0.3 is 6.03 Å². The highest BCUT2D eigenvalue weighted by molar-refractivity contribution is 7.91. The van der Waals surface area contributed by atoms with E-state index in [1.807, 2.05) is 0 Å². The molecule has 2 aliphatic heterocycles. The smallest absolute Gasteiger partial charge is 0.319 e. The Hall–Kier alpha value is -1.51. The summed E-state index contributed by atoms with van der Waals surface area (Å²) in [5.41, 5.74) is 0.601. The van der Waals surface area contributed by atoms with E-state index in [2.05, 4.69) is 15.5 Å². The molecule has 138 valence electrons. The zero-order valence-electron chi connectivity index (χ0n) is 14.0. The van der Waals surface area contributed by atoms with Gasteiger partial charge < -0.3 is 20.3 Å². The van der Waals surface area contributed by atoms with Crippen molar-refractivity contribution in [2.24, 2.45) is 0 Å². The largest absolute Gasteiger partial charge is 0.378 e. The minimum absolute atomic E-state index is 0.0424. The highest BCUT2D eigenvalue weighted by atomic mass is 35.5.